The van der Waals surface area contributed by atoms with E-state index in [0.717, 1.165) is 11.2 Å². The fourth-order valence-electron chi connectivity index (χ4n) is 3.47. The molecule has 0 radical (unpaired) electrons. The number of carbonyl (C=O) groups is 2. The number of nitrogens with zero attached hydrogens (tertiary/aromatic N) is 2. The Hall–Kier alpha value is -3.08. The first-order valence-electron chi connectivity index (χ1n) is 8.92. The van der Waals surface area contributed by atoms with Crippen molar-refractivity contribution < 1.29 is 9.59 Å². The Morgan fingerprint density at radius 2 is 1.69 bits per heavy atom. The molecule has 0 atom stereocenters. The predicted octanol–water partition coefficient (Wildman–Crippen LogP) is 3.43. The number of aromatic nitrogens is 1. The van der Waals surface area contributed by atoms with E-state index < -0.39 is 0 Å². The van der Waals surface area contributed by atoms with Crippen molar-refractivity contribution in [2.45, 2.75) is 12.8 Å². The van der Waals surface area contributed by atoms with Crippen LogP contribution in [-0.4, -0.2) is 34.2 Å². The van der Waals surface area contributed by atoms with E-state index in [9.17, 15) is 9.59 Å². The Morgan fingerprint density at radius 3 is 2.42 bits per heavy atom. The number of anilines is 1. The Labute approximate surface area is 152 Å². The molecule has 5 heteroatoms. The third kappa shape index (κ3) is 3.33. The fourth-order valence-corrected chi connectivity index (χ4v) is 3.47. The molecule has 1 aliphatic rings. The lowest BCUT2D eigenvalue weighted by Gasteiger charge is -2.31. The second-order valence-electron chi connectivity index (χ2n) is 6.68. The summed E-state index contributed by atoms with van der Waals surface area (Å²) in [5.41, 5.74) is 2.52. The summed E-state index contributed by atoms with van der Waals surface area (Å²) in [5, 5.41) is 2.96. The van der Waals surface area contributed by atoms with Gasteiger partial charge in [0.15, 0.2) is 0 Å². The van der Waals surface area contributed by atoms with Gasteiger partial charge in [0.25, 0.3) is 5.91 Å². The summed E-state index contributed by atoms with van der Waals surface area (Å²) in [5.74, 6) is 0.0286. The number of nitrogens with one attached hydrogen (secondary N) is 1. The Balaban J connectivity index is 1.37. The summed E-state index contributed by atoms with van der Waals surface area (Å²) in [4.78, 5) is 27.0. The average molecular weight is 347 g/mol. The van der Waals surface area contributed by atoms with Gasteiger partial charge in [-0.25, -0.2) is 0 Å². The summed E-state index contributed by atoms with van der Waals surface area (Å²) >= 11 is 0. The zero-order valence-electron chi connectivity index (χ0n) is 14.5. The summed E-state index contributed by atoms with van der Waals surface area (Å²) < 4.78 is 1.95. The average Bonchev–Trinajstić information content (AvgIpc) is 3.12. The molecular formula is C21H21N3O2. The molecule has 132 valence electrons. The molecule has 3 aromatic rings. The smallest absolute Gasteiger partial charge is 0.255 e. The molecule has 0 bridgehead atoms. The van der Waals surface area contributed by atoms with Crippen LogP contribution in [0.1, 0.15) is 23.2 Å². The second kappa shape index (κ2) is 7.04. The number of likely N-dealkylation sites (tertiary alicyclic amines) is 1. The minimum absolute atomic E-state index is 0.0376. The van der Waals surface area contributed by atoms with Gasteiger partial charge < -0.3 is 14.6 Å². The molecule has 0 unspecified atom stereocenters. The van der Waals surface area contributed by atoms with E-state index in [4.69, 9.17) is 0 Å². The molecule has 0 spiro atoms. The van der Waals surface area contributed by atoms with Crippen molar-refractivity contribution in [1.29, 1.82) is 0 Å². The topological polar surface area (TPSA) is 53.8 Å². The summed E-state index contributed by atoms with van der Waals surface area (Å²) in [7, 11) is 0. The van der Waals surface area contributed by atoms with Crippen LogP contribution in [0.4, 0.5) is 5.69 Å². The number of fused-ring (bicyclic) bond motifs is 1. The minimum atomic E-state index is -0.0487. The largest absolute Gasteiger partial charge is 0.339 e. The van der Waals surface area contributed by atoms with E-state index in [0.29, 0.717) is 31.5 Å². The minimum Gasteiger partial charge on any atom is -0.339 e. The van der Waals surface area contributed by atoms with Crippen LogP contribution in [0.25, 0.3) is 5.52 Å². The molecule has 1 N–H and O–H groups in total. The number of pyridine rings is 1. The first-order chi connectivity index (χ1) is 12.7. The number of amides is 2. The first-order valence-corrected chi connectivity index (χ1v) is 8.92. The zero-order chi connectivity index (χ0) is 17.9. The van der Waals surface area contributed by atoms with Gasteiger partial charge in [0, 0.05) is 42.6 Å². The maximum absolute atomic E-state index is 12.7. The van der Waals surface area contributed by atoms with Crippen molar-refractivity contribution in [2.24, 2.45) is 5.92 Å². The van der Waals surface area contributed by atoms with Crippen LogP contribution in [0.2, 0.25) is 0 Å². The molecule has 26 heavy (non-hydrogen) atoms. The molecule has 5 nitrogen and oxygen atoms in total. The Kier molecular flexibility index (Phi) is 4.44. The molecule has 3 heterocycles. The molecule has 4 rings (SSSR count). The van der Waals surface area contributed by atoms with Gasteiger partial charge in [-0.2, -0.15) is 0 Å². The maximum atomic E-state index is 12.7. The highest BCUT2D eigenvalue weighted by Crippen LogP contribution is 2.22. The second-order valence-corrected chi connectivity index (χ2v) is 6.68. The summed E-state index contributed by atoms with van der Waals surface area (Å²) in [6.45, 7) is 1.22. The number of hydrogen-bond acceptors (Lipinski definition) is 2. The quantitative estimate of drug-likeness (QED) is 0.789. The van der Waals surface area contributed by atoms with E-state index in [-0.39, 0.29) is 17.7 Å². The number of para-hydroxylation sites is 1. The van der Waals surface area contributed by atoms with Crippen molar-refractivity contribution in [3.8, 4) is 0 Å². The highest BCUT2D eigenvalue weighted by atomic mass is 16.2. The lowest BCUT2D eigenvalue weighted by Crippen LogP contribution is -2.41. The molecule has 1 aromatic carbocycles. The van der Waals surface area contributed by atoms with Crippen LogP contribution in [0.15, 0.2) is 67.0 Å². The molecule has 1 saturated heterocycles. The van der Waals surface area contributed by atoms with Gasteiger partial charge in [0.2, 0.25) is 5.91 Å². The molecule has 1 fully saturated rings. The first kappa shape index (κ1) is 16.4. The number of carbonyl (C=O) groups excluding carboxylic acids is 2. The number of rotatable bonds is 3. The monoisotopic (exact) mass is 347 g/mol. The molecule has 0 saturated carbocycles. The molecule has 2 amide bonds. The molecular weight excluding hydrogens is 326 g/mol. The van der Waals surface area contributed by atoms with E-state index in [2.05, 4.69) is 5.32 Å². The molecule has 1 aliphatic heterocycles. The fraction of sp³-hybridized carbons (Fsp3) is 0.238. The van der Waals surface area contributed by atoms with Crippen molar-refractivity contribution in [3.05, 3.63) is 72.6 Å². The number of hydrogen-bond donors (Lipinski definition) is 1. The highest BCUT2D eigenvalue weighted by Gasteiger charge is 2.28. The molecule has 2 aromatic heterocycles. The standard InChI is InChI=1S/C21H21N3O2/c25-20(22-18-6-2-1-3-7-18)16-9-12-23(13-10-16)21(26)17-14-19-8-4-5-11-24(19)15-17/h1-8,11,14-16H,9-10,12-13H2,(H,22,25). The van der Waals surface area contributed by atoms with E-state index in [1.807, 2.05) is 76.3 Å². The van der Waals surface area contributed by atoms with Gasteiger partial charge >= 0.3 is 0 Å². The van der Waals surface area contributed by atoms with Crippen molar-refractivity contribution in [2.75, 3.05) is 18.4 Å². The van der Waals surface area contributed by atoms with Gasteiger partial charge in [-0.15, -0.1) is 0 Å². The SMILES string of the molecule is O=C(Nc1ccccc1)C1CCN(C(=O)c2cc3ccccn3c2)CC1. The predicted molar refractivity (Wildman–Crippen MR) is 101 cm³/mol. The third-order valence-corrected chi connectivity index (χ3v) is 4.95. The van der Waals surface area contributed by atoms with Crippen LogP contribution in [0, 0.1) is 5.92 Å². The van der Waals surface area contributed by atoms with Crippen LogP contribution in [-0.2, 0) is 4.79 Å². The summed E-state index contributed by atoms with van der Waals surface area (Å²) in [6, 6.07) is 17.3. The van der Waals surface area contributed by atoms with Gasteiger partial charge in [-0.3, -0.25) is 9.59 Å². The van der Waals surface area contributed by atoms with E-state index in [1.165, 1.54) is 0 Å². The van der Waals surface area contributed by atoms with Gasteiger partial charge in [-0.05, 0) is 43.2 Å². The highest BCUT2D eigenvalue weighted by molar-refractivity contribution is 5.96. The number of piperidine rings is 1. The summed E-state index contributed by atoms with van der Waals surface area (Å²) in [6.07, 6.45) is 5.19. The number of benzene rings is 1. The maximum Gasteiger partial charge on any atom is 0.255 e. The van der Waals surface area contributed by atoms with Gasteiger partial charge in [0.1, 0.15) is 0 Å². The lowest BCUT2D eigenvalue weighted by atomic mass is 9.95. The van der Waals surface area contributed by atoms with Crippen LogP contribution in [0.5, 0.6) is 0 Å². The van der Waals surface area contributed by atoms with Crippen molar-refractivity contribution in [1.82, 2.24) is 9.30 Å². The van der Waals surface area contributed by atoms with E-state index >= 15 is 0 Å². The Bertz CT molecular complexity index is 892. The molecule has 0 aliphatic carbocycles. The Morgan fingerprint density at radius 1 is 0.962 bits per heavy atom. The van der Waals surface area contributed by atoms with Crippen LogP contribution < -0.4 is 5.32 Å². The lowest BCUT2D eigenvalue weighted by molar-refractivity contribution is -0.121. The zero-order valence-corrected chi connectivity index (χ0v) is 14.5. The van der Waals surface area contributed by atoms with Crippen molar-refractivity contribution in [3.63, 3.8) is 0 Å². The van der Waals surface area contributed by atoms with E-state index in [1.54, 1.807) is 0 Å². The van der Waals surface area contributed by atoms with Gasteiger partial charge in [0.05, 0.1) is 5.56 Å². The van der Waals surface area contributed by atoms with Crippen LogP contribution >= 0.6 is 0 Å². The normalized spacial score (nSPS) is 15.2. The van der Waals surface area contributed by atoms with Crippen LogP contribution in [0.3, 0.4) is 0 Å². The third-order valence-electron chi connectivity index (χ3n) is 4.95. The van der Waals surface area contributed by atoms with Crippen molar-refractivity contribution >= 4 is 23.0 Å². The van der Waals surface area contributed by atoms with Gasteiger partial charge in [-0.1, -0.05) is 24.3 Å².